The molecule has 0 atom stereocenters. The second kappa shape index (κ2) is 5.33. The van der Waals surface area contributed by atoms with Gasteiger partial charge in [-0.15, -0.1) is 0 Å². The summed E-state index contributed by atoms with van der Waals surface area (Å²) in [6.07, 6.45) is 0. The minimum Gasteiger partial charge on any atom is -0.496 e. The lowest BCUT2D eigenvalue weighted by molar-refractivity contribution is 0.0697. The van der Waals surface area contributed by atoms with Gasteiger partial charge in [-0.05, 0) is 30.7 Å². The molecule has 0 radical (unpaired) electrons. The van der Waals surface area contributed by atoms with Crippen LogP contribution < -0.4 is 4.74 Å². The number of rotatable bonds is 3. The maximum atomic E-state index is 11.4. The van der Waals surface area contributed by atoms with Gasteiger partial charge >= 0.3 is 5.97 Å². The van der Waals surface area contributed by atoms with Crippen LogP contribution in [0.15, 0.2) is 36.4 Å². The fourth-order valence-corrected chi connectivity index (χ4v) is 2.24. The Morgan fingerprint density at radius 3 is 2.58 bits per heavy atom. The number of carboxylic acid groups (broad SMARTS) is 1. The van der Waals surface area contributed by atoms with Crippen molar-refractivity contribution >= 4 is 17.6 Å². The van der Waals surface area contributed by atoms with Crippen LogP contribution in [0, 0.1) is 6.92 Å². The van der Waals surface area contributed by atoms with E-state index in [1.807, 2.05) is 6.07 Å². The summed E-state index contributed by atoms with van der Waals surface area (Å²) in [6.45, 7) is 1.77. The number of ether oxygens (including phenoxy) is 1. The molecule has 0 fully saturated rings. The maximum absolute atomic E-state index is 11.4. The molecule has 2 aromatic rings. The highest BCUT2D eigenvalue weighted by Crippen LogP contribution is 2.35. The Bertz CT molecular complexity index is 635. The monoisotopic (exact) mass is 276 g/mol. The van der Waals surface area contributed by atoms with Gasteiger partial charge in [-0.1, -0.05) is 29.8 Å². The van der Waals surface area contributed by atoms with Crippen molar-refractivity contribution < 1.29 is 14.6 Å². The molecule has 0 aromatic heterocycles. The number of hydrogen-bond acceptors (Lipinski definition) is 2. The van der Waals surface area contributed by atoms with Crippen molar-refractivity contribution in [2.24, 2.45) is 0 Å². The van der Waals surface area contributed by atoms with Gasteiger partial charge in [0.15, 0.2) is 0 Å². The highest BCUT2D eigenvalue weighted by Gasteiger charge is 2.17. The standard InChI is InChI=1S/C15H13ClO3/c1-9-4-3-5-11(14(9)15(17)18)12-8-10(16)6-7-13(12)19-2/h3-8H,1-2H3,(H,17,18). The first-order chi connectivity index (χ1) is 9.04. The van der Waals surface area contributed by atoms with Crippen molar-refractivity contribution in [2.45, 2.75) is 6.92 Å². The molecule has 3 nitrogen and oxygen atoms in total. The van der Waals surface area contributed by atoms with Crippen LogP contribution in [0.2, 0.25) is 5.02 Å². The Morgan fingerprint density at radius 2 is 1.95 bits per heavy atom. The zero-order valence-electron chi connectivity index (χ0n) is 10.6. The van der Waals surface area contributed by atoms with E-state index in [1.54, 1.807) is 44.4 Å². The number of carbonyl (C=O) groups is 1. The topological polar surface area (TPSA) is 46.5 Å². The van der Waals surface area contributed by atoms with Crippen molar-refractivity contribution in [3.05, 3.63) is 52.5 Å². The highest BCUT2D eigenvalue weighted by molar-refractivity contribution is 6.31. The predicted molar refractivity (Wildman–Crippen MR) is 75.1 cm³/mol. The molecule has 0 unspecified atom stereocenters. The molecule has 19 heavy (non-hydrogen) atoms. The number of carboxylic acids is 1. The van der Waals surface area contributed by atoms with Gasteiger partial charge in [0.25, 0.3) is 0 Å². The Morgan fingerprint density at radius 1 is 1.21 bits per heavy atom. The van der Waals surface area contributed by atoms with Crippen LogP contribution in [0.5, 0.6) is 5.75 Å². The summed E-state index contributed by atoms with van der Waals surface area (Å²) in [4.78, 5) is 11.4. The van der Waals surface area contributed by atoms with E-state index >= 15 is 0 Å². The molecule has 0 spiro atoms. The fraction of sp³-hybridized carbons (Fsp3) is 0.133. The van der Waals surface area contributed by atoms with E-state index in [0.29, 0.717) is 27.5 Å². The molecule has 0 heterocycles. The van der Waals surface area contributed by atoms with E-state index in [-0.39, 0.29) is 5.56 Å². The van der Waals surface area contributed by atoms with E-state index in [2.05, 4.69) is 0 Å². The molecule has 2 aromatic carbocycles. The van der Waals surface area contributed by atoms with Crippen LogP contribution in [0.1, 0.15) is 15.9 Å². The van der Waals surface area contributed by atoms with Crippen molar-refractivity contribution in [1.29, 1.82) is 0 Å². The molecule has 1 N–H and O–H groups in total. The minimum absolute atomic E-state index is 0.267. The third kappa shape index (κ3) is 2.56. The smallest absolute Gasteiger partial charge is 0.336 e. The largest absolute Gasteiger partial charge is 0.496 e. The quantitative estimate of drug-likeness (QED) is 0.921. The van der Waals surface area contributed by atoms with Gasteiger partial charge in [0.05, 0.1) is 12.7 Å². The van der Waals surface area contributed by atoms with Crippen LogP contribution in [-0.4, -0.2) is 18.2 Å². The van der Waals surface area contributed by atoms with Crippen molar-refractivity contribution in [2.75, 3.05) is 7.11 Å². The second-order valence-electron chi connectivity index (χ2n) is 4.15. The molecule has 0 aliphatic carbocycles. The van der Waals surface area contributed by atoms with E-state index in [0.717, 1.165) is 0 Å². The SMILES string of the molecule is COc1ccc(Cl)cc1-c1cccc(C)c1C(=O)O. The lowest BCUT2D eigenvalue weighted by Crippen LogP contribution is -2.03. The second-order valence-corrected chi connectivity index (χ2v) is 4.58. The molecule has 0 aliphatic heterocycles. The average Bonchev–Trinajstić information content (AvgIpc) is 2.37. The summed E-state index contributed by atoms with van der Waals surface area (Å²) in [5, 5.41) is 9.90. The van der Waals surface area contributed by atoms with Crippen molar-refractivity contribution in [1.82, 2.24) is 0 Å². The Kier molecular flexibility index (Phi) is 3.76. The van der Waals surface area contributed by atoms with Crippen LogP contribution in [0.25, 0.3) is 11.1 Å². The van der Waals surface area contributed by atoms with Gasteiger partial charge < -0.3 is 9.84 Å². The predicted octanol–water partition coefficient (Wildman–Crippen LogP) is 4.02. The summed E-state index contributed by atoms with van der Waals surface area (Å²) in [5.74, 6) is -0.368. The lowest BCUT2D eigenvalue weighted by atomic mass is 9.95. The summed E-state index contributed by atoms with van der Waals surface area (Å²) >= 11 is 5.99. The maximum Gasteiger partial charge on any atom is 0.336 e. The molecule has 0 aliphatic rings. The van der Waals surface area contributed by atoms with Crippen LogP contribution in [-0.2, 0) is 0 Å². The molecule has 0 saturated heterocycles. The van der Waals surface area contributed by atoms with E-state index in [4.69, 9.17) is 16.3 Å². The van der Waals surface area contributed by atoms with Gasteiger partial charge in [0, 0.05) is 16.1 Å². The highest BCUT2D eigenvalue weighted by atomic mass is 35.5. The summed E-state index contributed by atoms with van der Waals surface area (Å²) in [5.41, 5.74) is 2.25. The summed E-state index contributed by atoms with van der Waals surface area (Å²) in [6, 6.07) is 10.5. The molecule has 98 valence electrons. The van der Waals surface area contributed by atoms with Crippen LogP contribution >= 0.6 is 11.6 Å². The number of hydrogen-bond donors (Lipinski definition) is 1. The van der Waals surface area contributed by atoms with Gasteiger partial charge in [-0.25, -0.2) is 4.79 Å². The Labute approximate surface area is 116 Å². The van der Waals surface area contributed by atoms with E-state index in [9.17, 15) is 9.90 Å². The van der Waals surface area contributed by atoms with Gasteiger partial charge in [-0.3, -0.25) is 0 Å². The first kappa shape index (κ1) is 13.4. The van der Waals surface area contributed by atoms with Crippen LogP contribution in [0.3, 0.4) is 0 Å². The van der Waals surface area contributed by atoms with E-state index in [1.165, 1.54) is 0 Å². The summed E-state index contributed by atoms with van der Waals surface area (Å²) < 4.78 is 5.28. The first-order valence-electron chi connectivity index (χ1n) is 5.71. The molecule has 4 heteroatoms. The molecule has 0 amide bonds. The number of halogens is 1. The van der Waals surface area contributed by atoms with Crippen LogP contribution in [0.4, 0.5) is 0 Å². The number of aromatic carboxylic acids is 1. The van der Waals surface area contributed by atoms with E-state index < -0.39 is 5.97 Å². The van der Waals surface area contributed by atoms with Crippen molar-refractivity contribution in [3.63, 3.8) is 0 Å². The number of methoxy groups -OCH3 is 1. The molecular formula is C15H13ClO3. The lowest BCUT2D eigenvalue weighted by Gasteiger charge is -2.13. The molecular weight excluding hydrogens is 264 g/mol. The number of aryl methyl sites for hydroxylation is 1. The Hall–Kier alpha value is -2.00. The van der Waals surface area contributed by atoms with Gasteiger partial charge in [0.2, 0.25) is 0 Å². The normalized spacial score (nSPS) is 10.3. The third-order valence-corrected chi connectivity index (χ3v) is 3.17. The number of benzene rings is 2. The Balaban J connectivity index is 2.75. The summed E-state index contributed by atoms with van der Waals surface area (Å²) in [7, 11) is 1.54. The first-order valence-corrected chi connectivity index (χ1v) is 6.09. The zero-order chi connectivity index (χ0) is 14.0. The molecule has 0 bridgehead atoms. The molecule has 2 rings (SSSR count). The fourth-order valence-electron chi connectivity index (χ4n) is 2.07. The average molecular weight is 277 g/mol. The minimum atomic E-state index is -0.963. The third-order valence-electron chi connectivity index (χ3n) is 2.94. The zero-order valence-corrected chi connectivity index (χ0v) is 11.4. The van der Waals surface area contributed by atoms with Gasteiger partial charge in [-0.2, -0.15) is 0 Å². The van der Waals surface area contributed by atoms with Gasteiger partial charge in [0.1, 0.15) is 5.75 Å². The molecule has 0 saturated carbocycles. The van der Waals surface area contributed by atoms with Crippen molar-refractivity contribution in [3.8, 4) is 16.9 Å².